The first kappa shape index (κ1) is 14.1. The number of nitrogens with zero attached hydrogens (tertiary/aromatic N) is 3. The molecule has 0 aliphatic carbocycles. The lowest BCUT2D eigenvalue weighted by Crippen LogP contribution is -2.23. The van der Waals surface area contributed by atoms with Gasteiger partial charge in [0, 0.05) is 6.54 Å². The first-order chi connectivity index (χ1) is 8.39. The number of hydrogen-bond acceptors (Lipinski definition) is 7. The zero-order chi connectivity index (χ0) is 13.8. The molecule has 1 aromatic heterocycles. The van der Waals surface area contributed by atoms with Gasteiger partial charge in [0.2, 0.25) is 11.8 Å². The van der Waals surface area contributed by atoms with Crippen LogP contribution in [0, 0.1) is 15.5 Å². The summed E-state index contributed by atoms with van der Waals surface area (Å²) in [7, 11) is 0. The van der Waals surface area contributed by atoms with E-state index in [4.69, 9.17) is 5.84 Å². The maximum absolute atomic E-state index is 10.8. The average molecular weight is 254 g/mol. The Morgan fingerprint density at radius 2 is 2.22 bits per heavy atom. The summed E-state index contributed by atoms with van der Waals surface area (Å²) in [6.45, 7) is 6.76. The van der Waals surface area contributed by atoms with Gasteiger partial charge in [-0.1, -0.05) is 20.8 Å². The molecule has 1 heterocycles. The van der Waals surface area contributed by atoms with Gasteiger partial charge in [-0.25, -0.2) is 10.8 Å². The molecule has 1 rings (SSSR count). The molecule has 0 bridgehead atoms. The van der Waals surface area contributed by atoms with Gasteiger partial charge >= 0.3 is 5.69 Å². The predicted molar refractivity (Wildman–Crippen MR) is 69.1 cm³/mol. The molecule has 0 saturated heterocycles. The number of rotatable bonds is 6. The molecule has 4 N–H and O–H groups in total. The molecule has 0 saturated carbocycles. The molecule has 1 aromatic rings. The zero-order valence-electron chi connectivity index (χ0n) is 10.7. The Labute approximate surface area is 105 Å². The van der Waals surface area contributed by atoms with E-state index in [1.165, 1.54) is 0 Å². The number of aromatic nitrogens is 2. The Hall–Kier alpha value is -1.96. The Morgan fingerprint density at radius 1 is 1.56 bits per heavy atom. The van der Waals surface area contributed by atoms with Crippen LogP contribution in [0.4, 0.5) is 17.5 Å². The fourth-order valence-electron chi connectivity index (χ4n) is 1.16. The fourth-order valence-corrected chi connectivity index (χ4v) is 1.16. The van der Waals surface area contributed by atoms with Gasteiger partial charge in [-0.05, 0) is 11.8 Å². The summed E-state index contributed by atoms with van der Waals surface area (Å²) in [5, 5.41) is 13.8. The highest BCUT2D eigenvalue weighted by Crippen LogP contribution is 2.25. The summed E-state index contributed by atoms with van der Waals surface area (Å²) in [6.07, 6.45) is 2.07. The minimum Gasteiger partial charge on any atom is -0.364 e. The van der Waals surface area contributed by atoms with Gasteiger partial charge in [0.25, 0.3) is 0 Å². The molecule has 0 atom stereocenters. The first-order valence-corrected chi connectivity index (χ1v) is 5.61. The molecule has 8 heteroatoms. The molecule has 0 spiro atoms. The van der Waals surface area contributed by atoms with Crippen molar-refractivity contribution in [3.05, 3.63) is 16.3 Å². The van der Waals surface area contributed by atoms with E-state index in [0.29, 0.717) is 6.54 Å². The summed E-state index contributed by atoms with van der Waals surface area (Å²) in [5.74, 6) is 5.49. The SMILES string of the molecule is CCC(C)(C)CNc1nc(NN)ncc1[N+](=O)[O-]. The maximum atomic E-state index is 10.8. The molecular formula is C10H18N6O2. The first-order valence-electron chi connectivity index (χ1n) is 5.61. The van der Waals surface area contributed by atoms with Gasteiger partial charge in [0.15, 0.2) is 0 Å². The Kier molecular flexibility index (Phi) is 4.38. The molecule has 0 aliphatic heterocycles. The van der Waals surface area contributed by atoms with E-state index in [2.05, 4.69) is 41.5 Å². The van der Waals surface area contributed by atoms with E-state index in [9.17, 15) is 10.1 Å². The van der Waals surface area contributed by atoms with Gasteiger partial charge in [-0.3, -0.25) is 15.5 Å². The summed E-state index contributed by atoms with van der Waals surface area (Å²) >= 11 is 0. The van der Waals surface area contributed by atoms with Crippen LogP contribution in [0.3, 0.4) is 0 Å². The molecule has 0 aliphatic rings. The van der Waals surface area contributed by atoms with E-state index < -0.39 is 4.92 Å². The number of nitrogens with one attached hydrogen (secondary N) is 2. The number of hydrogen-bond donors (Lipinski definition) is 3. The molecule has 0 unspecified atom stereocenters. The Morgan fingerprint density at radius 3 is 2.72 bits per heavy atom. The van der Waals surface area contributed by atoms with Crippen molar-refractivity contribution < 1.29 is 4.92 Å². The topological polar surface area (TPSA) is 119 Å². The number of nitro groups is 1. The standard InChI is InChI=1S/C10H18N6O2/c1-4-10(2,3)6-13-8-7(16(17)18)5-12-9(14-8)15-11/h5H,4,6,11H2,1-3H3,(H2,12,13,14,15). The van der Waals surface area contributed by atoms with Gasteiger partial charge < -0.3 is 5.32 Å². The maximum Gasteiger partial charge on any atom is 0.329 e. The lowest BCUT2D eigenvalue weighted by atomic mass is 9.90. The average Bonchev–Trinajstić information content (AvgIpc) is 2.36. The van der Waals surface area contributed by atoms with Crippen molar-refractivity contribution in [1.29, 1.82) is 0 Å². The van der Waals surface area contributed by atoms with Crippen LogP contribution in [0.2, 0.25) is 0 Å². The minimum absolute atomic E-state index is 0.0229. The molecule has 100 valence electrons. The van der Waals surface area contributed by atoms with Crippen molar-refractivity contribution >= 4 is 17.5 Å². The quantitative estimate of drug-likeness (QED) is 0.400. The highest BCUT2D eigenvalue weighted by molar-refractivity contribution is 5.56. The largest absolute Gasteiger partial charge is 0.364 e. The smallest absolute Gasteiger partial charge is 0.329 e. The molecule has 0 fully saturated rings. The van der Waals surface area contributed by atoms with Crippen LogP contribution in [0.25, 0.3) is 0 Å². The van der Waals surface area contributed by atoms with Crippen LogP contribution in [0.15, 0.2) is 6.20 Å². The van der Waals surface area contributed by atoms with Crippen molar-refractivity contribution in [2.75, 3.05) is 17.3 Å². The number of hydrazine groups is 1. The van der Waals surface area contributed by atoms with E-state index in [1.54, 1.807) is 0 Å². The molecule has 0 amide bonds. The third-order valence-corrected chi connectivity index (χ3v) is 2.79. The number of anilines is 2. The monoisotopic (exact) mass is 254 g/mol. The Bertz CT molecular complexity index is 434. The molecule has 18 heavy (non-hydrogen) atoms. The summed E-state index contributed by atoms with van der Waals surface area (Å²) in [5.41, 5.74) is 2.12. The van der Waals surface area contributed by atoms with Crippen molar-refractivity contribution in [2.24, 2.45) is 11.3 Å². The van der Waals surface area contributed by atoms with Crippen LogP contribution in [-0.2, 0) is 0 Å². The molecule has 0 aromatic carbocycles. The summed E-state index contributed by atoms with van der Waals surface area (Å²) in [4.78, 5) is 18.0. The van der Waals surface area contributed by atoms with Gasteiger partial charge in [-0.2, -0.15) is 4.98 Å². The minimum atomic E-state index is -0.526. The zero-order valence-corrected chi connectivity index (χ0v) is 10.7. The lowest BCUT2D eigenvalue weighted by Gasteiger charge is -2.23. The van der Waals surface area contributed by atoms with Crippen molar-refractivity contribution in [1.82, 2.24) is 9.97 Å². The predicted octanol–water partition coefficient (Wildman–Crippen LogP) is 1.52. The van der Waals surface area contributed by atoms with Crippen LogP contribution >= 0.6 is 0 Å². The normalized spacial score (nSPS) is 11.1. The highest BCUT2D eigenvalue weighted by atomic mass is 16.6. The summed E-state index contributed by atoms with van der Waals surface area (Å²) in [6, 6.07) is 0. The van der Waals surface area contributed by atoms with Crippen LogP contribution in [-0.4, -0.2) is 21.4 Å². The van der Waals surface area contributed by atoms with E-state index in [0.717, 1.165) is 12.6 Å². The van der Waals surface area contributed by atoms with Crippen LogP contribution < -0.4 is 16.6 Å². The second-order valence-corrected chi connectivity index (χ2v) is 4.70. The van der Waals surface area contributed by atoms with E-state index >= 15 is 0 Å². The van der Waals surface area contributed by atoms with Gasteiger partial charge in [-0.15, -0.1) is 0 Å². The van der Waals surface area contributed by atoms with E-state index in [-0.39, 0.29) is 22.9 Å². The van der Waals surface area contributed by atoms with Gasteiger partial charge in [0.1, 0.15) is 6.20 Å². The highest BCUT2D eigenvalue weighted by Gasteiger charge is 2.20. The van der Waals surface area contributed by atoms with E-state index in [1.807, 2.05) is 0 Å². The molecule has 0 radical (unpaired) electrons. The molecular weight excluding hydrogens is 236 g/mol. The number of nitrogens with two attached hydrogens (primary N) is 1. The third kappa shape index (κ3) is 3.52. The fraction of sp³-hybridized carbons (Fsp3) is 0.600. The van der Waals surface area contributed by atoms with Crippen molar-refractivity contribution in [2.45, 2.75) is 27.2 Å². The van der Waals surface area contributed by atoms with Crippen LogP contribution in [0.1, 0.15) is 27.2 Å². The third-order valence-electron chi connectivity index (χ3n) is 2.79. The second kappa shape index (κ2) is 5.58. The summed E-state index contributed by atoms with van der Waals surface area (Å²) < 4.78 is 0. The molecule has 8 nitrogen and oxygen atoms in total. The Balaban J connectivity index is 2.94. The van der Waals surface area contributed by atoms with Crippen molar-refractivity contribution in [3.63, 3.8) is 0 Å². The number of nitrogen functional groups attached to an aromatic ring is 1. The van der Waals surface area contributed by atoms with Crippen LogP contribution in [0.5, 0.6) is 0 Å². The van der Waals surface area contributed by atoms with Crippen molar-refractivity contribution in [3.8, 4) is 0 Å². The van der Waals surface area contributed by atoms with Gasteiger partial charge in [0.05, 0.1) is 4.92 Å². The second-order valence-electron chi connectivity index (χ2n) is 4.70. The lowest BCUT2D eigenvalue weighted by molar-refractivity contribution is -0.384.